The first-order chi connectivity index (χ1) is 11.7. The van der Waals surface area contributed by atoms with Crippen molar-refractivity contribution in [3.63, 3.8) is 0 Å². The number of hydrogen-bond donors (Lipinski definition) is 2. The van der Waals surface area contributed by atoms with Gasteiger partial charge in [-0.05, 0) is 19.7 Å². The molecule has 0 spiro atoms. The Morgan fingerprint density at radius 3 is 2.71 bits per heavy atom. The monoisotopic (exact) mass is 326 g/mol. The van der Waals surface area contributed by atoms with Gasteiger partial charge in [-0.25, -0.2) is 14.6 Å². The SMILES string of the molecule is CN(C)[C@H](CNc1ncnc2c1cnn2CCO)c1ccccc1. The Morgan fingerprint density at radius 2 is 2.00 bits per heavy atom. The molecule has 2 N–H and O–H groups in total. The van der Waals surface area contributed by atoms with E-state index in [1.54, 1.807) is 10.9 Å². The molecule has 3 aromatic rings. The van der Waals surface area contributed by atoms with E-state index in [2.05, 4.69) is 51.5 Å². The fraction of sp³-hybridized carbons (Fsp3) is 0.353. The van der Waals surface area contributed by atoms with E-state index >= 15 is 0 Å². The van der Waals surface area contributed by atoms with E-state index in [1.165, 1.54) is 11.9 Å². The standard InChI is InChI=1S/C17H22N6O/c1-22(2)15(13-6-4-3-5-7-13)11-18-16-14-10-21-23(8-9-24)17(14)20-12-19-16/h3-7,10,12,15,24H,8-9,11H2,1-2H3,(H,18,19,20)/t15-/m1/s1. The maximum Gasteiger partial charge on any atom is 0.163 e. The highest BCUT2D eigenvalue weighted by molar-refractivity contribution is 5.86. The van der Waals surface area contributed by atoms with E-state index in [-0.39, 0.29) is 12.6 Å². The van der Waals surface area contributed by atoms with Crippen LogP contribution in [0.2, 0.25) is 0 Å². The minimum absolute atomic E-state index is 0.0280. The van der Waals surface area contributed by atoms with Crippen LogP contribution in [-0.4, -0.2) is 57.0 Å². The van der Waals surface area contributed by atoms with Gasteiger partial charge in [0.25, 0.3) is 0 Å². The Balaban J connectivity index is 1.82. The lowest BCUT2D eigenvalue weighted by Crippen LogP contribution is -2.27. The summed E-state index contributed by atoms with van der Waals surface area (Å²) in [5, 5.41) is 17.6. The Labute approximate surface area is 141 Å². The number of benzene rings is 1. The van der Waals surface area contributed by atoms with E-state index < -0.39 is 0 Å². The van der Waals surface area contributed by atoms with Crippen molar-refractivity contribution in [2.75, 3.05) is 32.6 Å². The smallest absolute Gasteiger partial charge is 0.163 e. The minimum Gasteiger partial charge on any atom is -0.394 e. The van der Waals surface area contributed by atoms with Crippen LogP contribution < -0.4 is 5.32 Å². The number of rotatable bonds is 7. The van der Waals surface area contributed by atoms with Crippen LogP contribution in [0.25, 0.3) is 11.0 Å². The van der Waals surface area contributed by atoms with Gasteiger partial charge in [0.1, 0.15) is 12.1 Å². The molecular weight excluding hydrogens is 304 g/mol. The first-order valence-electron chi connectivity index (χ1n) is 7.93. The van der Waals surface area contributed by atoms with Gasteiger partial charge in [0.2, 0.25) is 0 Å². The minimum atomic E-state index is 0.0280. The topological polar surface area (TPSA) is 79.1 Å². The van der Waals surface area contributed by atoms with E-state index in [0.717, 1.165) is 16.9 Å². The summed E-state index contributed by atoms with van der Waals surface area (Å²) in [5.41, 5.74) is 1.97. The summed E-state index contributed by atoms with van der Waals surface area (Å²) in [6, 6.07) is 10.6. The molecule has 3 rings (SSSR count). The fourth-order valence-electron chi connectivity index (χ4n) is 2.76. The number of anilines is 1. The summed E-state index contributed by atoms with van der Waals surface area (Å²) in [6.45, 7) is 1.17. The van der Waals surface area contributed by atoms with Crippen molar-refractivity contribution >= 4 is 16.9 Å². The van der Waals surface area contributed by atoms with Crippen LogP contribution in [0.5, 0.6) is 0 Å². The summed E-state index contributed by atoms with van der Waals surface area (Å²) in [6.07, 6.45) is 3.26. The van der Waals surface area contributed by atoms with Crippen molar-refractivity contribution in [2.24, 2.45) is 0 Å². The highest BCUT2D eigenvalue weighted by Gasteiger charge is 2.15. The lowest BCUT2D eigenvalue weighted by molar-refractivity contribution is 0.271. The largest absolute Gasteiger partial charge is 0.394 e. The molecule has 2 aromatic heterocycles. The van der Waals surface area contributed by atoms with E-state index in [1.807, 2.05) is 18.2 Å². The third-order valence-corrected chi connectivity index (χ3v) is 4.02. The number of aromatic nitrogens is 4. The van der Waals surface area contributed by atoms with Gasteiger partial charge in [0, 0.05) is 6.54 Å². The van der Waals surface area contributed by atoms with Gasteiger partial charge in [-0.3, -0.25) is 0 Å². The molecule has 7 heteroatoms. The van der Waals surface area contributed by atoms with Crippen LogP contribution in [0, 0.1) is 0 Å². The summed E-state index contributed by atoms with van der Waals surface area (Å²) in [5.74, 6) is 0.756. The average molecular weight is 326 g/mol. The third kappa shape index (κ3) is 3.37. The van der Waals surface area contributed by atoms with E-state index in [4.69, 9.17) is 5.11 Å². The summed E-state index contributed by atoms with van der Waals surface area (Å²) >= 11 is 0. The zero-order chi connectivity index (χ0) is 16.9. The van der Waals surface area contributed by atoms with E-state index in [0.29, 0.717) is 13.1 Å². The van der Waals surface area contributed by atoms with Crippen molar-refractivity contribution in [1.82, 2.24) is 24.6 Å². The van der Waals surface area contributed by atoms with Gasteiger partial charge in [-0.15, -0.1) is 0 Å². The molecule has 2 heterocycles. The molecule has 24 heavy (non-hydrogen) atoms. The maximum absolute atomic E-state index is 9.10. The van der Waals surface area contributed by atoms with Crippen LogP contribution in [-0.2, 0) is 6.54 Å². The van der Waals surface area contributed by atoms with Gasteiger partial charge in [0.05, 0.1) is 30.8 Å². The van der Waals surface area contributed by atoms with Gasteiger partial charge in [0.15, 0.2) is 5.65 Å². The van der Waals surface area contributed by atoms with Crippen molar-refractivity contribution in [3.05, 3.63) is 48.4 Å². The molecule has 0 amide bonds. The molecular formula is C17H22N6O. The predicted molar refractivity (Wildman–Crippen MR) is 93.8 cm³/mol. The van der Waals surface area contributed by atoms with Gasteiger partial charge in [-0.1, -0.05) is 30.3 Å². The van der Waals surface area contributed by atoms with Gasteiger partial charge >= 0.3 is 0 Å². The molecule has 7 nitrogen and oxygen atoms in total. The van der Waals surface area contributed by atoms with Crippen molar-refractivity contribution in [3.8, 4) is 0 Å². The number of aliphatic hydroxyl groups is 1. The lowest BCUT2D eigenvalue weighted by Gasteiger charge is -2.25. The highest BCUT2D eigenvalue weighted by Crippen LogP contribution is 2.22. The summed E-state index contributed by atoms with van der Waals surface area (Å²) in [4.78, 5) is 10.8. The lowest BCUT2D eigenvalue weighted by atomic mass is 10.1. The van der Waals surface area contributed by atoms with Crippen LogP contribution >= 0.6 is 0 Å². The molecule has 0 saturated heterocycles. The third-order valence-electron chi connectivity index (χ3n) is 4.02. The zero-order valence-electron chi connectivity index (χ0n) is 13.9. The molecule has 0 aliphatic rings. The normalized spacial score (nSPS) is 12.7. The number of hydrogen-bond acceptors (Lipinski definition) is 6. The number of likely N-dealkylation sites (N-methyl/N-ethyl adjacent to an activating group) is 1. The Morgan fingerprint density at radius 1 is 1.21 bits per heavy atom. The molecule has 0 aliphatic carbocycles. The number of fused-ring (bicyclic) bond motifs is 1. The maximum atomic E-state index is 9.10. The average Bonchev–Trinajstić information content (AvgIpc) is 3.00. The van der Waals surface area contributed by atoms with Crippen LogP contribution in [0.4, 0.5) is 5.82 Å². The first kappa shape index (κ1) is 16.4. The van der Waals surface area contributed by atoms with Crippen molar-refractivity contribution < 1.29 is 5.11 Å². The first-order valence-corrected chi connectivity index (χ1v) is 7.93. The van der Waals surface area contributed by atoms with Crippen LogP contribution in [0.15, 0.2) is 42.9 Å². The number of aliphatic hydroxyl groups excluding tert-OH is 1. The molecule has 1 aromatic carbocycles. The molecule has 0 bridgehead atoms. The second-order valence-corrected chi connectivity index (χ2v) is 5.82. The summed E-state index contributed by atoms with van der Waals surface area (Å²) < 4.78 is 1.68. The molecule has 1 atom stereocenters. The second kappa shape index (κ2) is 7.37. The zero-order valence-corrected chi connectivity index (χ0v) is 13.9. The highest BCUT2D eigenvalue weighted by atomic mass is 16.3. The number of nitrogens with zero attached hydrogens (tertiary/aromatic N) is 5. The fourth-order valence-corrected chi connectivity index (χ4v) is 2.76. The molecule has 0 saturated carbocycles. The van der Waals surface area contributed by atoms with Gasteiger partial charge in [-0.2, -0.15) is 5.10 Å². The predicted octanol–water partition coefficient (Wildman–Crippen LogP) is 1.53. The molecule has 0 radical (unpaired) electrons. The van der Waals surface area contributed by atoms with Gasteiger partial charge < -0.3 is 15.3 Å². The Hall–Kier alpha value is -2.51. The van der Waals surface area contributed by atoms with E-state index in [9.17, 15) is 0 Å². The molecule has 0 unspecified atom stereocenters. The van der Waals surface area contributed by atoms with Crippen LogP contribution in [0.1, 0.15) is 11.6 Å². The van der Waals surface area contributed by atoms with Crippen molar-refractivity contribution in [1.29, 1.82) is 0 Å². The van der Waals surface area contributed by atoms with Crippen molar-refractivity contribution in [2.45, 2.75) is 12.6 Å². The Kier molecular flexibility index (Phi) is 5.02. The van der Waals surface area contributed by atoms with Crippen LogP contribution in [0.3, 0.4) is 0 Å². The molecule has 126 valence electrons. The summed E-state index contributed by atoms with van der Waals surface area (Å²) in [7, 11) is 4.13. The Bertz CT molecular complexity index is 786. The molecule has 0 fully saturated rings. The number of nitrogens with one attached hydrogen (secondary N) is 1. The quantitative estimate of drug-likeness (QED) is 0.685. The molecule has 0 aliphatic heterocycles. The second-order valence-electron chi connectivity index (χ2n) is 5.82.